The zero-order valence-electron chi connectivity index (χ0n) is 15.5. The van der Waals surface area contributed by atoms with Gasteiger partial charge in [-0.2, -0.15) is 0 Å². The molecule has 0 unspecified atom stereocenters. The summed E-state index contributed by atoms with van der Waals surface area (Å²) in [4.78, 5) is 44.8. The molecule has 0 aliphatic rings. The van der Waals surface area contributed by atoms with Crippen molar-refractivity contribution in [3.63, 3.8) is 0 Å². The Morgan fingerprint density at radius 2 is 1.93 bits per heavy atom. The SMILES string of the molecule is CNC(=O)NC(=O)[C@@H](OC(=O)Cc1csc(-c2cccnc2)n1)c1ccccc1. The van der Waals surface area contributed by atoms with Crippen LogP contribution < -0.4 is 10.6 Å². The zero-order chi connectivity index (χ0) is 20.6. The van der Waals surface area contributed by atoms with Crippen LogP contribution in [0.3, 0.4) is 0 Å². The van der Waals surface area contributed by atoms with E-state index in [-0.39, 0.29) is 6.42 Å². The lowest BCUT2D eigenvalue weighted by atomic mass is 10.1. The maximum atomic E-state index is 12.5. The molecule has 2 aromatic heterocycles. The predicted molar refractivity (Wildman–Crippen MR) is 107 cm³/mol. The van der Waals surface area contributed by atoms with Crippen LogP contribution in [0.1, 0.15) is 17.4 Å². The first-order valence-electron chi connectivity index (χ1n) is 8.68. The first-order valence-corrected chi connectivity index (χ1v) is 9.56. The Labute approximate surface area is 171 Å². The van der Waals surface area contributed by atoms with Gasteiger partial charge < -0.3 is 10.1 Å². The Morgan fingerprint density at radius 3 is 2.62 bits per heavy atom. The normalized spacial score (nSPS) is 11.3. The first kappa shape index (κ1) is 20.2. The molecule has 0 fully saturated rings. The molecule has 9 heteroatoms. The van der Waals surface area contributed by atoms with Crippen LogP contribution in [0.25, 0.3) is 10.6 Å². The van der Waals surface area contributed by atoms with E-state index < -0.39 is 24.0 Å². The number of carbonyl (C=O) groups is 3. The number of amides is 3. The van der Waals surface area contributed by atoms with E-state index in [1.54, 1.807) is 54.2 Å². The Morgan fingerprint density at radius 1 is 1.14 bits per heavy atom. The minimum absolute atomic E-state index is 0.104. The summed E-state index contributed by atoms with van der Waals surface area (Å²) in [5.74, 6) is -1.37. The largest absolute Gasteiger partial charge is 0.447 e. The number of carbonyl (C=O) groups excluding carboxylic acids is 3. The number of aromatic nitrogens is 2. The molecule has 0 aliphatic carbocycles. The van der Waals surface area contributed by atoms with E-state index in [9.17, 15) is 14.4 Å². The van der Waals surface area contributed by atoms with Gasteiger partial charge in [0.1, 0.15) is 5.01 Å². The quantitative estimate of drug-likeness (QED) is 0.604. The number of hydrogen-bond acceptors (Lipinski definition) is 7. The summed E-state index contributed by atoms with van der Waals surface area (Å²) in [6.07, 6.45) is 2.00. The Bertz CT molecular complexity index is 992. The third-order valence-electron chi connectivity index (χ3n) is 3.84. The molecule has 0 saturated carbocycles. The lowest BCUT2D eigenvalue weighted by Crippen LogP contribution is -2.41. The van der Waals surface area contributed by atoms with Crippen molar-refractivity contribution < 1.29 is 19.1 Å². The number of benzene rings is 1. The molecule has 3 aromatic rings. The fraction of sp³-hybridized carbons (Fsp3) is 0.150. The molecule has 8 nitrogen and oxygen atoms in total. The predicted octanol–water partition coefficient (Wildman–Crippen LogP) is 2.49. The van der Waals surface area contributed by atoms with Crippen LogP contribution in [0.4, 0.5) is 4.79 Å². The van der Waals surface area contributed by atoms with Crippen LogP contribution in [0, 0.1) is 0 Å². The van der Waals surface area contributed by atoms with E-state index in [0.29, 0.717) is 11.3 Å². The van der Waals surface area contributed by atoms with Gasteiger partial charge in [-0.05, 0) is 12.1 Å². The number of nitrogens with zero attached hydrogens (tertiary/aromatic N) is 2. The molecule has 0 saturated heterocycles. The molecule has 1 aromatic carbocycles. The maximum absolute atomic E-state index is 12.5. The summed E-state index contributed by atoms with van der Waals surface area (Å²) in [6.45, 7) is 0. The highest BCUT2D eigenvalue weighted by molar-refractivity contribution is 7.13. The number of nitrogens with one attached hydrogen (secondary N) is 2. The average molecular weight is 410 g/mol. The fourth-order valence-electron chi connectivity index (χ4n) is 2.47. The van der Waals surface area contributed by atoms with Gasteiger partial charge >= 0.3 is 12.0 Å². The van der Waals surface area contributed by atoms with Crippen molar-refractivity contribution in [2.45, 2.75) is 12.5 Å². The Balaban J connectivity index is 1.71. The van der Waals surface area contributed by atoms with Crippen LogP contribution in [0.2, 0.25) is 0 Å². The van der Waals surface area contributed by atoms with Gasteiger partial charge in [0.05, 0.1) is 12.1 Å². The lowest BCUT2D eigenvalue weighted by molar-refractivity contribution is -0.155. The summed E-state index contributed by atoms with van der Waals surface area (Å²) in [5, 5.41) is 6.91. The number of hydrogen-bond donors (Lipinski definition) is 2. The second kappa shape index (κ2) is 9.56. The Kier molecular flexibility index (Phi) is 6.64. The third kappa shape index (κ3) is 5.45. The minimum Gasteiger partial charge on any atom is -0.447 e. The second-order valence-electron chi connectivity index (χ2n) is 5.91. The second-order valence-corrected chi connectivity index (χ2v) is 6.77. The van der Waals surface area contributed by atoms with Gasteiger partial charge in [-0.1, -0.05) is 30.3 Å². The lowest BCUT2D eigenvalue weighted by Gasteiger charge is -2.17. The highest BCUT2D eigenvalue weighted by Crippen LogP contribution is 2.24. The van der Waals surface area contributed by atoms with E-state index in [1.165, 1.54) is 18.4 Å². The molecule has 2 N–H and O–H groups in total. The van der Waals surface area contributed by atoms with E-state index in [0.717, 1.165) is 10.6 Å². The summed E-state index contributed by atoms with van der Waals surface area (Å²) in [6, 6.07) is 11.5. The van der Waals surface area contributed by atoms with Crippen LogP contribution in [0.15, 0.2) is 60.2 Å². The summed E-state index contributed by atoms with van der Waals surface area (Å²) in [7, 11) is 1.38. The summed E-state index contributed by atoms with van der Waals surface area (Å²) < 4.78 is 5.38. The molecule has 0 aliphatic heterocycles. The molecule has 2 heterocycles. The smallest absolute Gasteiger partial charge is 0.321 e. The van der Waals surface area contributed by atoms with E-state index >= 15 is 0 Å². The van der Waals surface area contributed by atoms with Gasteiger partial charge in [0.25, 0.3) is 5.91 Å². The van der Waals surface area contributed by atoms with Crippen molar-refractivity contribution >= 4 is 29.2 Å². The summed E-state index contributed by atoms with van der Waals surface area (Å²) in [5.41, 5.74) is 1.83. The number of esters is 1. The first-order chi connectivity index (χ1) is 14.1. The number of pyridine rings is 1. The summed E-state index contributed by atoms with van der Waals surface area (Å²) >= 11 is 1.39. The van der Waals surface area contributed by atoms with Crippen molar-refractivity contribution in [1.82, 2.24) is 20.6 Å². The number of thiazole rings is 1. The van der Waals surface area contributed by atoms with Gasteiger partial charge in [-0.25, -0.2) is 9.78 Å². The van der Waals surface area contributed by atoms with Crippen molar-refractivity contribution in [2.75, 3.05) is 7.05 Å². The number of imide groups is 1. The van der Waals surface area contributed by atoms with Crippen molar-refractivity contribution in [3.8, 4) is 10.6 Å². The van der Waals surface area contributed by atoms with Crippen LogP contribution in [-0.2, 0) is 20.7 Å². The molecule has 148 valence electrons. The average Bonchev–Trinajstić information content (AvgIpc) is 3.21. The van der Waals surface area contributed by atoms with E-state index in [2.05, 4.69) is 20.6 Å². The van der Waals surface area contributed by atoms with Gasteiger partial charge in [-0.3, -0.25) is 19.9 Å². The number of rotatable bonds is 6. The molecular formula is C20H18N4O4S. The third-order valence-corrected chi connectivity index (χ3v) is 4.78. The van der Waals surface area contributed by atoms with E-state index in [1.807, 2.05) is 6.07 Å². The van der Waals surface area contributed by atoms with Crippen LogP contribution >= 0.6 is 11.3 Å². The molecular weight excluding hydrogens is 392 g/mol. The van der Waals surface area contributed by atoms with E-state index in [4.69, 9.17) is 4.74 Å². The highest BCUT2D eigenvalue weighted by Gasteiger charge is 2.26. The van der Waals surface area contributed by atoms with Gasteiger partial charge in [0.15, 0.2) is 0 Å². The van der Waals surface area contributed by atoms with Crippen molar-refractivity contribution in [2.24, 2.45) is 0 Å². The maximum Gasteiger partial charge on any atom is 0.321 e. The van der Waals surface area contributed by atoms with Gasteiger partial charge in [0, 0.05) is 35.9 Å². The zero-order valence-corrected chi connectivity index (χ0v) is 16.3. The molecule has 3 rings (SSSR count). The number of urea groups is 1. The van der Waals surface area contributed by atoms with Crippen molar-refractivity contribution in [1.29, 1.82) is 0 Å². The molecule has 1 atom stereocenters. The van der Waals surface area contributed by atoms with Crippen molar-refractivity contribution in [3.05, 3.63) is 71.5 Å². The van der Waals surface area contributed by atoms with Crippen LogP contribution in [-0.4, -0.2) is 34.9 Å². The molecule has 3 amide bonds. The van der Waals surface area contributed by atoms with Gasteiger partial charge in [-0.15, -0.1) is 11.3 Å². The molecule has 0 bridgehead atoms. The fourth-order valence-corrected chi connectivity index (χ4v) is 3.28. The topological polar surface area (TPSA) is 110 Å². The Hall–Kier alpha value is -3.59. The van der Waals surface area contributed by atoms with Crippen LogP contribution in [0.5, 0.6) is 0 Å². The minimum atomic E-state index is -1.25. The molecule has 0 spiro atoms. The molecule has 0 radical (unpaired) electrons. The monoisotopic (exact) mass is 410 g/mol. The number of ether oxygens (including phenoxy) is 1. The molecule has 29 heavy (non-hydrogen) atoms. The standard InChI is InChI=1S/C20H18N4O4S/c1-21-20(27)24-18(26)17(13-6-3-2-4-7-13)28-16(25)10-15-12-29-19(23-15)14-8-5-9-22-11-14/h2-9,11-12,17H,10H2,1H3,(H2,21,24,26,27)/t17-/m0/s1. The van der Waals surface area contributed by atoms with Gasteiger partial charge in [0.2, 0.25) is 6.10 Å². The highest BCUT2D eigenvalue weighted by atomic mass is 32.1.